The van der Waals surface area contributed by atoms with Crippen molar-refractivity contribution >= 4 is 13.6 Å². The molecular formula is C10H20NO5P. The summed E-state index contributed by atoms with van der Waals surface area (Å²) >= 11 is 0. The normalized spacial score (nSPS) is 32.1. The van der Waals surface area contributed by atoms with Crippen molar-refractivity contribution in [3.8, 4) is 0 Å². The zero-order valence-electron chi connectivity index (χ0n) is 9.82. The molecule has 0 aromatic heterocycles. The Morgan fingerprint density at radius 3 is 2.53 bits per heavy atom. The van der Waals surface area contributed by atoms with Gasteiger partial charge in [0, 0.05) is 0 Å². The Balaban J connectivity index is 2.65. The van der Waals surface area contributed by atoms with E-state index >= 15 is 0 Å². The van der Waals surface area contributed by atoms with Gasteiger partial charge in [0.2, 0.25) is 0 Å². The molecule has 4 atom stereocenters. The van der Waals surface area contributed by atoms with Gasteiger partial charge in [-0.3, -0.25) is 9.36 Å². The summed E-state index contributed by atoms with van der Waals surface area (Å²) in [7, 11) is -4.02. The number of carbonyl (C=O) groups is 1. The zero-order chi connectivity index (χ0) is 13.2. The number of carboxylic acid groups (broad SMARTS) is 1. The predicted octanol–water partition coefficient (Wildman–Crippen LogP) is 0.628. The van der Waals surface area contributed by atoms with Crippen molar-refractivity contribution in [1.29, 1.82) is 0 Å². The van der Waals surface area contributed by atoms with Crippen LogP contribution >= 0.6 is 7.60 Å². The number of nitrogens with two attached hydrogens (primary N) is 1. The Kier molecular flexibility index (Phi) is 4.72. The van der Waals surface area contributed by atoms with Gasteiger partial charge in [0.1, 0.15) is 6.04 Å². The van der Waals surface area contributed by atoms with E-state index in [1.165, 1.54) is 0 Å². The molecule has 1 aliphatic rings. The standard InChI is InChI=1S/C10H20NO5P/c1-6-2-3-7(5-17(14,15)16)4-8(6)9(11)10(12)13/h6-9H,2-5,11H2,1H3,(H,12,13)(H2,14,15,16)/t6-,7?,8+,9-/m1/s1. The molecule has 100 valence electrons. The molecule has 0 heterocycles. The molecule has 0 aromatic rings. The summed E-state index contributed by atoms with van der Waals surface area (Å²) in [5.74, 6) is -1.17. The van der Waals surface area contributed by atoms with Gasteiger partial charge in [-0.1, -0.05) is 13.3 Å². The van der Waals surface area contributed by atoms with Crippen LogP contribution in [0, 0.1) is 17.8 Å². The topological polar surface area (TPSA) is 121 Å². The van der Waals surface area contributed by atoms with Crippen molar-refractivity contribution in [2.24, 2.45) is 23.5 Å². The molecule has 6 nitrogen and oxygen atoms in total. The lowest BCUT2D eigenvalue weighted by Crippen LogP contribution is -2.44. The van der Waals surface area contributed by atoms with Gasteiger partial charge in [-0.2, -0.15) is 0 Å². The fourth-order valence-corrected chi connectivity index (χ4v) is 3.64. The number of hydrogen-bond donors (Lipinski definition) is 4. The number of hydrogen-bond acceptors (Lipinski definition) is 3. The Hall–Kier alpha value is -0.420. The quantitative estimate of drug-likeness (QED) is 0.553. The van der Waals surface area contributed by atoms with Crippen LogP contribution in [0.15, 0.2) is 0 Å². The molecule has 5 N–H and O–H groups in total. The summed E-state index contributed by atoms with van der Waals surface area (Å²) in [6.07, 6.45) is 1.83. The average molecular weight is 265 g/mol. The monoisotopic (exact) mass is 265 g/mol. The van der Waals surface area contributed by atoms with Crippen LogP contribution in [0.25, 0.3) is 0 Å². The number of carboxylic acids is 1. The van der Waals surface area contributed by atoms with Gasteiger partial charge >= 0.3 is 13.6 Å². The largest absolute Gasteiger partial charge is 0.480 e. The maximum atomic E-state index is 10.9. The second-order valence-electron chi connectivity index (χ2n) is 5.03. The van der Waals surface area contributed by atoms with Gasteiger partial charge < -0.3 is 20.6 Å². The third kappa shape index (κ3) is 4.39. The summed E-state index contributed by atoms with van der Waals surface area (Å²) in [5, 5.41) is 8.89. The van der Waals surface area contributed by atoms with Gasteiger partial charge in [-0.05, 0) is 30.6 Å². The van der Waals surface area contributed by atoms with Crippen molar-refractivity contribution in [2.45, 2.75) is 32.2 Å². The van der Waals surface area contributed by atoms with Crippen LogP contribution < -0.4 is 5.73 Å². The lowest BCUT2D eigenvalue weighted by atomic mass is 9.72. The summed E-state index contributed by atoms with van der Waals surface area (Å²) in [6.45, 7) is 1.95. The molecule has 0 saturated heterocycles. The van der Waals surface area contributed by atoms with E-state index in [1.54, 1.807) is 0 Å². The van der Waals surface area contributed by atoms with E-state index in [-0.39, 0.29) is 23.9 Å². The Morgan fingerprint density at radius 2 is 2.06 bits per heavy atom. The van der Waals surface area contributed by atoms with Gasteiger partial charge in [-0.25, -0.2) is 0 Å². The molecular weight excluding hydrogens is 245 g/mol. The molecule has 1 rings (SSSR count). The first-order valence-corrected chi connectivity index (χ1v) is 7.53. The van der Waals surface area contributed by atoms with E-state index in [0.717, 1.165) is 12.8 Å². The zero-order valence-corrected chi connectivity index (χ0v) is 10.7. The highest BCUT2D eigenvalue weighted by atomic mass is 31.2. The van der Waals surface area contributed by atoms with Crippen LogP contribution in [-0.2, 0) is 9.36 Å². The van der Waals surface area contributed by atoms with E-state index in [4.69, 9.17) is 20.6 Å². The molecule has 0 aromatic carbocycles. The van der Waals surface area contributed by atoms with Crippen LogP contribution in [0.4, 0.5) is 0 Å². The molecule has 1 fully saturated rings. The van der Waals surface area contributed by atoms with E-state index < -0.39 is 19.6 Å². The molecule has 1 saturated carbocycles. The smallest absolute Gasteiger partial charge is 0.325 e. The first kappa shape index (κ1) is 14.6. The first-order chi connectivity index (χ1) is 7.70. The second kappa shape index (κ2) is 5.48. The number of rotatable bonds is 4. The van der Waals surface area contributed by atoms with E-state index in [1.807, 2.05) is 6.92 Å². The fourth-order valence-electron chi connectivity index (χ4n) is 2.63. The van der Waals surface area contributed by atoms with Crippen LogP contribution in [0.3, 0.4) is 0 Å². The molecule has 17 heavy (non-hydrogen) atoms. The number of aliphatic carboxylic acids is 1. The van der Waals surface area contributed by atoms with Crippen molar-refractivity contribution in [3.05, 3.63) is 0 Å². The first-order valence-electron chi connectivity index (χ1n) is 5.73. The summed E-state index contributed by atoms with van der Waals surface area (Å²) in [5.41, 5.74) is 5.61. The third-order valence-electron chi connectivity index (χ3n) is 3.61. The Morgan fingerprint density at radius 1 is 1.47 bits per heavy atom. The lowest BCUT2D eigenvalue weighted by molar-refractivity contribution is -0.140. The maximum absolute atomic E-state index is 10.9. The highest BCUT2D eigenvalue weighted by molar-refractivity contribution is 7.51. The SMILES string of the molecule is C[C@@H]1CCC(CP(=O)(O)O)C[C@@H]1[C@@H](N)C(=O)O. The van der Waals surface area contributed by atoms with Crippen molar-refractivity contribution < 1.29 is 24.3 Å². The Bertz CT molecular complexity index is 329. The highest BCUT2D eigenvalue weighted by Crippen LogP contribution is 2.44. The van der Waals surface area contributed by atoms with Gasteiger partial charge in [0.15, 0.2) is 0 Å². The van der Waals surface area contributed by atoms with Crippen molar-refractivity contribution in [1.82, 2.24) is 0 Å². The van der Waals surface area contributed by atoms with E-state index in [0.29, 0.717) is 6.42 Å². The molecule has 0 spiro atoms. The van der Waals surface area contributed by atoms with E-state index in [9.17, 15) is 9.36 Å². The van der Waals surface area contributed by atoms with Crippen molar-refractivity contribution in [3.63, 3.8) is 0 Å². The minimum atomic E-state index is -4.02. The molecule has 1 aliphatic carbocycles. The highest BCUT2D eigenvalue weighted by Gasteiger charge is 2.36. The van der Waals surface area contributed by atoms with Gasteiger partial charge in [-0.15, -0.1) is 0 Å². The fraction of sp³-hybridized carbons (Fsp3) is 0.900. The summed E-state index contributed by atoms with van der Waals surface area (Å²) in [6, 6.07) is -0.940. The van der Waals surface area contributed by atoms with Crippen LogP contribution in [0.1, 0.15) is 26.2 Å². The van der Waals surface area contributed by atoms with Gasteiger partial charge in [0.05, 0.1) is 6.16 Å². The average Bonchev–Trinajstić information content (AvgIpc) is 2.17. The van der Waals surface area contributed by atoms with E-state index in [2.05, 4.69) is 0 Å². The Labute approximate surface area is 100 Å². The molecule has 0 bridgehead atoms. The third-order valence-corrected chi connectivity index (χ3v) is 4.60. The molecule has 0 aliphatic heterocycles. The maximum Gasteiger partial charge on any atom is 0.325 e. The minimum absolute atomic E-state index is 0.123. The van der Waals surface area contributed by atoms with Crippen molar-refractivity contribution in [2.75, 3.05) is 6.16 Å². The summed E-state index contributed by atoms with van der Waals surface area (Å²) in [4.78, 5) is 28.7. The van der Waals surface area contributed by atoms with Crippen LogP contribution in [0.5, 0.6) is 0 Å². The van der Waals surface area contributed by atoms with Crippen LogP contribution in [0.2, 0.25) is 0 Å². The molecule has 0 radical (unpaired) electrons. The molecule has 7 heteroatoms. The second-order valence-corrected chi connectivity index (χ2v) is 6.73. The molecule has 1 unspecified atom stereocenters. The van der Waals surface area contributed by atoms with Crippen LogP contribution in [-0.4, -0.2) is 33.1 Å². The molecule has 0 amide bonds. The minimum Gasteiger partial charge on any atom is -0.480 e. The van der Waals surface area contributed by atoms with Gasteiger partial charge in [0.25, 0.3) is 0 Å². The summed E-state index contributed by atoms with van der Waals surface area (Å²) < 4.78 is 10.9. The predicted molar refractivity (Wildman–Crippen MR) is 62.5 cm³/mol. The lowest BCUT2D eigenvalue weighted by Gasteiger charge is -2.36.